The van der Waals surface area contributed by atoms with E-state index in [4.69, 9.17) is 0 Å². The third-order valence-corrected chi connectivity index (χ3v) is 7.30. The molecular formula is C21H22F3N5O3S. The first-order chi connectivity index (χ1) is 15.5. The summed E-state index contributed by atoms with van der Waals surface area (Å²) in [4.78, 5) is 10.3. The lowest BCUT2D eigenvalue weighted by Gasteiger charge is -2.40. The number of halogens is 3. The Morgan fingerprint density at radius 1 is 1.24 bits per heavy atom. The standard InChI is InChI=1S/C21H22F3N5O3S/c1-12(2)28-33(30,31)15-10-26-20(27-11-15)19-17(9-25)16-7-6-14(32-21(22,23)24)8-18(16)29(19)13-4-3-5-13/h6-8,10-13,17,19,28H,3-5H2,1-2H3. The van der Waals surface area contributed by atoms with Crippen LogP contribution in [0, 0.1) is 11.3 Å². The molecule has 33 heavy (non-hydrogen) atoms. The predicted molar refractivity (Wildman–Crippen MR) is 112 cm³/mol. The Kier molecular flexibility index (Phi) is 5.96. The fraction of sp³-hybridized carbons (Fsp3) is 0.476. The van der Waals surface area contributed by atoms with Crippen molar-refractivity contribution in [2.45, 2.75) is 68.4 Å². The summed E-state index contributed by atoms with van der Waals surface area (Å²) < 4.78 is 69.6. The number of ether oxygens (including phenoxy) is 1. The number of nitrogens with zero attached hydrogens (tertiary/aromatic N) is 4. The molecule has 0 spiro atoms. The molecule has 0 amide bonds. The number of fused-ring (bicyclic) bond motifs is 1. The Morgan fingerprint density at radius 2 is 1.91 bits per heavy atom. The number of hydrogen-bond donors (Lipinski definition) is 1. The van der Waals surface area contributed by atoms with E-state index in [0.29, 0.717) is 11.3 Å². The normalized spacial score (nSPS) is 20.9. The minimum atomic E-state index is -4.84. The first-order valence-electron chi connectivity index (χ1n) is 10.4. The quantitative estimate of drug-likeness (QED) is 0.669. The van der Waals surface area contributed by atoms with E-state index >= 15 is 0 Å². The highest BCUT2D eigenvalue weighted by Gasteiger charge is 2.46. The SMILES string of the molecule is CC(C)NS(=O)(=O)c1cnc(C2C(C#N)c3ccc(OC(F)(F)F)cc3N2C2CCC2)nc1. The summed E-state index contributed by atoms with van der Waals surface area (Å²) in [6.45, 7) is 3.38. The molecule has 2 heterocycles. The van der Waals surface area contributed by atoms with Crippen LogP contribution in [0.1, 0.15) is 56.5 Å². The van der Waals surface area contributed by atoms with Crippen molar-refractivity contribution in [1.29, 1.82) is 5.26 Å². The molecule has 0 bridgehead atoms. The Bertz CT molecular complexity index is 1180. The molecule has 1 saturated carbocycles. The van der Waals surface area contributed by atoms with Gasteiger partial charge in [-0.3, -0.25) is 0 Å². The van der Waals surface area contributed by atoms with Crippen molar-refractivity contribution in [2.24, 2.45) is 0 Å². The van der Waals surface area contributed by atoms with Gasteiger partial charge in [-0.15, -0.1) is 13.2 Å². The lowest BCUT2D eigenvalue weighted by Crippen LogP contribution is -2.42. The monoisotopic (exact) mass is 481 g/mol. The maximum absolute atomic E-state index is 12.8. The van der Waals surface area contributed by atoms with E-state index in [1.54, 1.807) is 13.8 Å². The number of anilines is 1. The summed E-state index contributed by atoms with van der Waals surface area (Å²) in [7, 11) is -3.80. The molecule has 1 aliphatic carbocycles. The molecule has 0 radical (unpaired) electrons. The minimum absolute atomic E-state index is 0.00264. The van der Waals surface area contributed by atoms with Crippen molar-refractivity contribution in [3.63, 3.8) is 0 Å². The molecule has 1 aromatic heterocycles. The molecule has 0 saturated heterocycles. The van der Waals surface area contributed by atoms with Gasteiger partial charge in [0, 0.05) is 23.8 Å². The Hall–Kier alpha value is -2.91. The molecule has 1 fully saturated rings. The molecule has 1 aromatic carbocycles. The average Bonchev–Trinajstić information content (AvgIpc) is 2.98. The second kappa shape index (κ2) is 8.46. The summed E-state index contributed by atoms with van der Waals surface area (Å²) in [6, 6.07) is 5.19. The number of nitriles is 1. The lowest BCUT2D eigenvalue weighted by molar-refractivity contribution is -0.274. The Balaban J connectivity index is 1.73. The topological polar surface area (TPSA) is 108 Å². The van der Waals surface area contributed by atoms with Crippen LogP contribution >= 0.6 is 0 Å². The first kappa shape index (κ1) is 23.3. The number of nitrogens with one attached hydrogen (secondary N) is 1. The largest absolute Gasteiger partial charge is 0.573 e. The van der Waals surface area contributed by atoms with Gasteiger partial charge in [0.05, 0.1) is 18.5 Å². The Labute approximate surface area is 189 Å². The van der Waals surface area contributed by atoms with Gasteiger partial charge in [-0.05, 0) is 44.7 Å². The molecule has 2 aliphatic rings. The van der Waals surface area contributed by atoms with Gasteiger partial charge in [0.25, 0.3) is 0 Å². The third kappa shape index (κ3) is 4.60. The maximum Gasteiger partial charge on any atom is 0.573 e. The van der Waals surface area contributed by atoms with Crippen LogP contribution in [0.25, 0.3) is 0 Å². The number of hydrogen-bond acceptors (Lipinski definition) is 7. The fourth-order valence-electron chi connectivity index (χ4n) is 4.19. The molecule has 12 heteroatoms. The van der Waals surface area contributed by atoms with Crippen molar-refractivity contribution in [2.75, 3.05) is 4.90 Å². The number of benzene rings is 1. The summed E-state index contributed by atoms with van der Waals surface area (Å²) in [5.74, 6) is -0.881. The van der Waals surface area contributed by atoms with Gasteiger partial charge in [-0.1, -0.05) is 6.07 Å². The van der Waals surface area contributed by atoms with Crippen LogP contribution in [0.4, 0.5) is 18.9 Å². The van der Waals surface area contributed by atoms with Crippen LogP contribution in [-0.2, 0) is 10.0 Å². The number of aromatic nitrogens is 2. The van der Waals surface area contributed by atoms with Crippen molar-refractivity contribution in [3.05, 3.63) is 42.0 Å². The second-order valence-electron chi connectivity index (χ2n) is 8.36. The highest BCUT2D eigenvalue weighted by molar-refractivity contribution is 7.89. The molecule has 8 nitrogen and oxygen atoms in total. The van der Waals surface area contributed by atoms with E-state index < -0.39 is 28.3 Å². The summed E-state index contributed by atoms with van der Waals surface area (Å²) in [5.41, 5.74) is 1.03. The van der Waals surface area contributed by atoms with E-state index in [1.165, 1.54) is 30.6 Å². The Morgan fingerprint density at radius 3 is 2.42 bits per heavy atom. The average molecular weight is 482 g/mol. The maximum atomic E-state index is 12.8. The van der Waals surface area contributed by atoms with E-state index in [2.05, 4.69) is 25.5 Å². The van der Waals surface area contributed by atoms with Crippen molar-refractivity contribution >= 4 is 15.7 Å². The van der Waals surface area contributed by atoms with E-state index in [-0.39, 0.29) is 28.6 Å². The first-order valence-corrected chi connectivity index (χ1v) is 11.9. The molecule has 2 unspecified atom stereocenters. The molecule has 176 valence electrons. The van der Waals surface area contributed by atoms with Crippen molar-refractivity contribution in [1.82, 2.24) is 14.7 Å². The van der Waals surface area contributed by atoms with Crippen LogP contribution in [0.15, 0.2) is 35.5 Å². The minimum Gasteiger partial charge on any atom is -0.406 e. The zero-order chi connectivity index (χ0) is 24.0. The fourth-order valence-corrected chi connectivity index (χ4v) is 5.33. The van der Waals surface area contributed by atoms with Crippen molar-refractivity contribution in [3.8, 4) is 11.8 Å². The van der Waals surface area contributed by atoms with Crippen LogP contribution in [0.5, 0.6) is 5.75 Å². The van der Waals surface area contributed by atoms with Crippen LogP contribution in [0.3, 0.4) is 0 Å². The van der Waals surface area contributed by atoms with Gasteiger partial charge < -0.3 is 9.64 Å². The summed E-state index contributed by atoms with van der Waals surface area (Å²) in [6.07, 6.45) is 0.102. The van der Waals surface area contributed by atoms with Crippen molar-refractivity contribution < 1.29 is 26.3 Å². The predicted octanol–water partition coefficient (Wildman–Crippen LogP) is 3.78. The van der Waals surface area contributed by atoms with Gasteiger partial charge in [0.1, 0.15) is 22.6 Å². The zero-order valence-corrected chi connectivity index (χ0v) is 18.7. The number of rotatable bonds is 6. The smallest absolute Gasteiger partial charge is 0.406 e. The van der Waals surface area contributed by atoms with Gasteiger partial charge in [0.2, 0.25) is 10.0 Å². The molecule has 2 atom stereocenters. The van der Waals surface area contributed by atoms with Gasteiger partial charge in [-0.25, -0.2) is 23.1 Å². The van der Waals surface area contributed by atoms with Crippen LogP contribution in [-0.4, -0.2) is 36.8 Å². The van der Waals surface area contributed by atoms with E-state index in [1.807, 2.05) is 4.90 Å². The van der Waals surface area contributed by atoms with Gasteiger partial charge >= 0.3 is 6.36 Å². The van der Waals surface area contributed by atoms with Gasteiger partial charge in [-0.2, -0.15) is 5.26 Å². The van der Waals surface area contributed by atoms with E-state index in [0.717, 1.165) is 19.3 Å². The number of alkyl halides is 3. The highest BCUT2D eigenvalue weighted by Crippen LogP contribution is 2.52. The summed E-state index contributed by atoms with van der Waals surface area (Å²) >= 11 is 0. The second-order valence-corrected chi connectivity index (χ2v) is 10.1. The van der Waals surface area contributed by atoms with E-state index in [9.17, 15) is 26.9 Å². The molecular weight excluding hydrogens is 459 g/mol. The molecule has 1 aliphatic heterocycles. The van der Waals surface area contributed by atoms with Crippen LogP contribution < -0.4 is 14.4 Å². The molecule has 4 rings (SSSR count). The highest BCUT2D eigenvalue weighted by atomic mass is 32.2. The third-order valence-electron chi connectivity index (χ3n) is 5.69. The summed E-state index contributed by atoms with van der Waals surface area (Å²) in [5, 5.41) is 9.92. The molecule has 2 aromatic rings. The zero-order valence-electron chi connectivity index (χ0n) is 17.9. The number of sulfonamides is 1. The lowest BCUT2D eigenvalue weighted by atomic mass is 9.89. The molecule has 1 N–H and O–H groups in total. The van der Waals surface area contributed by atoms with Gasteiger partial charge in [0.15, 0.2) is 5.82 Å². The van der Waals surface area contributed by atoms with Crippen LogP contribution in [0.2, 0.25) is 0 Å².